The normalized spacial score (nSPS) is 30.4. The van der Waals surface area contributed by atoms with Crippen LogP contribution in [0.3, 0.4) is 0 Å². The summed E-state index contributed by atoms with van der Waals surface area (Å²) in [4.78, 5) is 74.3. The van der Waals surface area contributed by atoms with Gasteiger partial charge >= 0.3 is 35.8 Å². The summed E-state index contributed by atoms with van der Waals surface area (Å²) in [5.74, 6) is 7.20. The summed E-state index contributed by atoms with van der Waals surface area (Å²) in [6.45, 7) is 17.8. The average molecular weight is 1200 g/mol. The molecule has 0 radical (unpaired) electrons. The first-order valence-electron chi connectivity index (χ1n) is 35.4. The van der Waals surface area contributed by atoms with Crippen molar-refractivity contribution in [2.75, 3.05) is 39.6 Å². The highest BCUT2D eigenvalue weighted by atomic mass is 16.6. The molecule has 0 aliphatic heterocycles. The van der Waals surface area contributed by atoms with Crippen molar-refractivity contribution < 1.29 is 57.2 Å². The maximum absolute atomic E-state index is 12.6. The minimum atomic E-state index is -0.496. The van der Waals surface area contributed by atoms with Crippen LogP contribution in [0.4, 0.5) is 0 Å². The monoisotopic (exact) mass is 1200 g/mol. The van der Waals surface area contributed by atoms with Gasteiger partial charge in [0.05, 0.1) is 39.6 Å². The minimum absolute atomic E-state index is 0.304. The molecule has 7 aliphatic rings. The van der Waals surface area contributed by atoms with Gasteiger partial charge in [0, 0.05) is 35.5 Å². The van der Waals surface area contributed by atoms with Crippen molar-refractivity contribution in [1.29, 1.82) is 0 Å². The van der Waals surface area contributed by atoms with Gasteiger partial charge in [0.1, 0.15) is 0 Å². The largest absolute Gasteiger partial charge is 0.463 e. The van der Waals surface area contributed by atoms with Gasteiger partial charge in [-0.25, -0.2) is 28.8 Å². The molecule has 16 atom stereocenters. The number of carbonyl (C=O) groups is 6. The zero-order chi connectivity index (χ0) is 61.2. The predicted octanol–water partition coefficient (Wildman–Crippen LogP) is 16.8. The van der Waals surface area contributed by atoms with E-state index in [-0.39, 0.29) is 11.9 Å². The number of hydrogen-bond donors (Lipinski definition) is 0. The molecule has 7 aliphatic carbocycles. The van der Waals surface area contributed by atoms with Crippen molar-refractivity contribution in [3.63, 3.8) is 0 Å². The summed E-state index contributed by atoms with van der Waals surface area (Å²) in [6, 6.07) is 0. The van der Waals surface area contributed by atoms with Crippen molar-refractivity contribution in [3.8, 4) is 0 Å². The Bertz CT molecular complexity index is 2210. The zero-order valence-electron chi connectivity index (χ0n) is 54.1. The SMILES string of the molecule is C=C(C)C(=O)OCC1CC2CC1[C@H]1CC(COC(=O)C=CC(=O)OCCCCCCCC3C(CCCCCC)CCC(CCCCCCCC)C3CCCCCCCOC(=O)C=CC(=O)OCC3C[C@@H]4C5CC(COC(=O)C(=C)C)C(C5)[C@@H]4C3)C[C@@H]21. The van der Waals surface area contributed by atoms with Crippen molar-refractivity contribution in [2.45, 2.75) is 246 Å². The number of esters is 6. The Morgan fingerprint density at radius 3 is 1.08 bits per heavy atom. The molecule has 0 spiro atoms. The Balaban J connectivity index is 0.753. The fourth-order valence-electron chi connectivity index (χ4n) is 18.3. The average Bonchev–Trinajstić information content (AvgIpc) is 1.84. The Morgan fingerprint density at radius 1 is 0.349 bits per heavy atom. The summed E-state index contributed by atoms with van der Waals surface area (Å²) >= 11 is 0. The van der Waals surface area contributed by atoms with Gasteiger partial charge < -0.3 is 28.4 Å². The molecule has 86 heavy (non-hydrogen) atoms. The molecule has 0 amide bonds. The Labute approximate surface area is 519 Å². The van der Waals surface area contributed by atoms with Gasteiger partial charge in [-0.1, -0.05) is 155 Å². The van der Waals surface area contributed by atoms with E-state index in [0.717, 1.165) is 101 Å². The second kappa shape index (κ2) is 37.1. The molecule has 0 heterocycles. The van der Waals surface area contributed by atoms with Crippen LogP contribution in [0.1, 0.15) is 246 Å². The number of unbranched alkanes of at least 4 members (excludes halogenated alkanes) is 16. The van der Waals surface area contributed by atoms with Crippen molar-refractivity contribution in [2.24, 2.45) is 94.7 Å². The quantitative estimate of drug-likeness (QED) is 0.0247. The lowest BCUT2D eigenvalue weighted by atomic mass is 9.61. The molecular formula is C74H116O12. The first kappa shape index (κ1) is 69.3. The molecule has 0 N–H and O–H groups in total. The molecule has 4 bridgehead atoms. The van der Waals surface area contributed by atoms with Gasteiger partial charge in [-0.2, -0.15) is 0 Å². The lowest BCUT2D eigenvalue weighted by molar-refractivity contribution is -0.142. The van der Waals surface area contributed by atoms with Crippen LogP contribution in [-0.4, -0.2) is 75.5 Å². The van der Waals surface area contributed by atoms with Crippen LogP contribution in [-0.2, 0) is 57.2 Å². The smallest absolute Gasteiger partial charge is 0.333 e. The highest BCUT2D eigenvalue weighted by molar-refractivity contribution is 5.92. The third kappa shape index (κ3) is 21.8. The maximum Gasteiger partial charge on any atom is 0.333 e. The molecule has 7 rings (SSSR count). The predicted molar refractivity (Wildman–Crippen MR) is 338 cm³/mol. The Kier molecular flexibility index (Phi) is 29.8. The van der Waals surface area contributed by atoms with E-state index in [1.807, 2.05) is 0 Å². The molecule has 0 aromatic heterocycles. The maximum atomic E-state index is 12.6. The van der Waals surface area contributed by atoms with Crippen LogP contribution in [0.2, 0.25) is 0 Å². The van der Waals surface area contributed by atoms with E-state index < -0.39 is 23.9 Å². The van der Waals surface area contributed by atoms with Gasteiger partial charge in [0.2, 0.25) is 0 Å². The number of carbonyl (C=O) groups excluding carboxylic acids is 6. The summed E-state index contributed by atoms with van der Waals surface area (Å²) < 4.78 is 33.3. The number of fused-ring (bicyclic) bond motifs is 10. The van der Waals surface area contributed by atoms with E-state index in [0.29, 0.717) is 122 Å². The highest BCUT2D eigenvalue weighted by Crippen LogP contribution is 2.63. The van der Waals surface area contributed by atoms with E-state index in [1.54, 1.807) is 13.8 Å². The zero-order valence-corrected chi connectivity index (χ0v) is 54.1. The van der Waals surface area contributed by atoms with E-state index in [4.69, 9.17) is 28.4 Å². The van der Waals surface area contributed by atoms with Gasteiger partial charge in [0.25, 0.3) is 0 Å². The first-order valence-corrected chi connectivity index (χ1v) is 35.4. The highest BCUT2D eigenvalue weighted by Gasteiger charge is 2.57. The minimum Gasteiger partial charge on any atom is -0.463 e. The van der Waals surface area contributed by atoms with Crippen LogP contribution in [0.15, 0.2) is 48.6 Å². The van der Waals surface area contributed by atoms with Crippen molar-refractivity contribution >= 4 is 35.8 Å². The topological polar surface area (TPSA) is 158 Å². The van der Waals surface area contributed by atoms with Gasteiger partial charge in [0.15, 0.2) is 0 Å². The van der Waals surface area contributed by atoms with Crippen LogP contribution < -0.4 is 0 Å². The third-order valence-corrected chi connectivity index (χ3v) is 22.5. The standard InChI is InChI=1S/C74H116O12/c1-7-9-11-13-16-22-28-56-32-31-55(27-21-12-10-8-2)61(29-23-17-14-19-25-37-81-69(75)33-35-71(77)83-47-53-39-63-57-43-59(49-85-73(79)51(3)4)65(45-57)67(63)41-53)62(56)30-24-18-15-20-26-38-82-70(76)34-36-72(78)84-48-54-40-64-58-44-60(50-86-74(80)52(5)6)66(46-58)68(64)42-54/h33-36,53-68H,3,5,7-32,37-50H2,1-2,4,6H3/t53?,54?,55?,56?,57?,58?,59?,60?,61?,62?,63-,64+,65?,66?,67-,68+/m0/s1. The third-order valence-electron chi connectivity index (χ3n) is 22.5. The molecule has 0 saturated heterocycles. The second-order valence-corrected chi connectivity index (χ2v) is 28.6. The fourth-order valence-corrected chi connectivity index (χ4v) is 18.3. The van der Waals surface area contributed by atoms with Gasteiger partial charge in [-0.05, 0) is 198 Å². The van der Waals surface area contributed by atoms with E-state index in [1.165, 1.54) is 166 Å². The second-order valence-electron chi connectivity index (χ2n) is 28.6. The van der Waals surface area contributed by atoms with E-state index >= 15 is 0 Å². The molecule has 12 unspecified atom stereocenters. The Hall–Kier alpha value is -4.22. The lowest BCUT2D eigenvalue weighted by Crippen LogP contribution is -2.35. The van der Waals surface area contributed by atoms with Crippen LogP contribution in [0, 0.1) is 94.7 Å². The van der Waals surface area contributed by atoms with E-state index in [9.17, 15) is 28.8 Å². The molecule has 0 aromatic carbocycles. The fraction of sp³-hybridized carbons (Fsp3) is 0.811. The van der Waals surface area contributed by atoms with Crippen molar-refractivity contribution in [3.05, 3.63) is 48.6 Å². The summed E-state index contributed by atoms with van der Waals surface area (Å²) in [7, 11) is 0. The van der Waals surface area contributed by atoms with Crippen molar-refractivity contribution in [1.82, 2.24) is 0 Å². The summed E-state index contributed by atoms with van der Waals surface area (Å²) in [5, 5.41) is 0. The number of ether oxygens (including phenoxy) is 6. The molecule has 7 fully saturated rings. The summed E-state index contributed by atoms with van der Waals surface area (Å²) in [6.07, 6.45) is 46.2. The van der Waals surface area contributed by atoms with Gasteiger partial charge in [-0.15, -0.1) is 0 Å². The molecular weight excluding hydrogens is 1080 g/mol. The van der Waals surface area contributed by atoms with E-state index in [2.05, 4.69) is 27.0 Å². The molecule has 0 aromatic rings. The molecule has 12 heteroatoms. The molecule has 484 valence electrons. The Morgan fingerprint density at radius 2 is 0.686 bits per heavy atom. The lowest BCUT2D eigenvalue weighted by Gasteiger charge is -2.44. The summed E-state index contributed by atoms with van der Waals surface area (Å²) in [5.41, 5.74) is 0.881. The van der Waals surface area contributed by atoms with Crippen LogP contribution in [0.5, 0.6) is 0 Å². The molecule has 7 saturated carbocycles. The first-order chi connectivity index (χ1) is 41.7. The van der Waals surface area contributed by atoms with Crippen LogP contribution >= 0.6 is 0 Å². The molecule has 12 nitrogen and oxygen atoms in total. The number of rotatable bonds is 42. The van der Waals surface area contributed by atoms with Gasteiger partial charge in [-0.3, -0.25) is 0 Å². The van der Waals surface area contributed by atoms with Crippen LogP contribution in [0.25, 0.3) is 0 Å². The number of hydrogen-bond acceptors (Lipinski definition) is 12.